The van der Waals surface area contributed by atoms with Crippen molar-refractivity contribution < 1.29 is 9.90 Å². The van der Waals surface area contributed by atoms with Crippen molar-refractivity contribution >= 4 is 22.6 Å². The van der Waals surface area contributed by atoms with Crippen LogP contribution in [0, 0.1) is 5.41 Å². The van der Waals surface area contributed by atoms with Crippen LogP contribution in [0.5, 0.6) is 0 Å². The van der Waals surface area contributed by atoms with Crippen molar-refractivity contribution in [1.29, 1.82) is 0 Å². The molecule has 1 aromatic heterocycles. The van der Waals surface area contributed by atoms with E-state index < -0.39 is 11.4 Å². The molecule has 3 rings (SSSR count). The van der Waals surface area contributed by atoms with Gasteiger partial charge in [-0.2, -0.15) is 4.37 Å². The predicted octanol–water partition coefficient (Wildman–Crippen LogP) is 2.89. The molecule has 5 nitrogen and oxygen atoms in total. The predicted molar refractivity (Wildman–Crippen MR) is 78.3 cm³/mol. The van der Waals surface area contributed by atoms with E-state index in [4.69, 9.17) is 0 Å². The number of carbonyl (C=O) groups is 1. The summed E-state index contributed by atoms with van der Waals surface area (Å²) in [4.78, 5) is 18.4. The van der Waals surface area contributed by atoms with Crippen LogP contribution in [0.15, 0.2) is 0 Å². The molecule has 2 aliphatic rings. The number of hydrogen-bond acceptors (Lipinski definition) is 5. The van der Waals surface area contributed by atoms with Crippen LogP contribution in [0.3, 0.4) is 0 Å². The number of rotatable bonds is 5. The summed E-state index contributed by atoms with van der Waals surface area (Å²) in [6, 6.07) is 0. The van der Waals surface area contributed by atoms with Gasteiger partial charge < -0.3 is 10.0 Å². The van der Waals surface area contributed by atoms with Gasteiger partial charge in [0.25, 0.3) is 0 Å². The Balaban J connectivity index is 1.65. The Morgan fingerprint density at radius 3 is 2.70 bits per heavy atom. The minimum Gasteiger partial charge on any atom is -0.481 e. The van der Waals surface area contributed by atoms with Gasteiger partial charge in [-0.05, 0) is 32.1 Å². The Hall–Kier alpha value is -1.17. The molecule has 0 spiro atoms. The Bertz CT molecular complexity index is 490. The number of anilines is 1. The molecule has 2 fully saturated rings. The average Bonchev–Trinajstić information content (AvgIpc) is 3.18. The highest BCUT2D eigenvalue weighted by atomic mass is 32.1. The lowest BCUT2D eigenvalue weighted by molar-refractivity contribution is -0.150. The van der Waals surface area contributed by atoms with Gasteiger partial charge in [-0.3, -0.25) is 4.79 Å². The maximum Gasteiger partial charge on any atom is 0.309 e. The SMILES string of the molecule is CCCC1(C(=O)O)CCN(c2nc(C3CC3)ns2)CC1. The molecule has 0 atom stereocenters. The van der Waals surface area contributed by atoms with Crippen LogP contribution < -0.4 is 4.90 Å². The van der Waals surface area contributed by atoms with Gasteiger partial charge in [0.05, 0.1) is 5.41 Å². The van der Waals surface area contributed by atoms with Gasteiger partial charge in [-0.25, -0.2) is 4.98 Å². The fourth-order valence-electron chi connectivity index (χ4n) is 3.04. The third-order valence-corrected chi connectivity index (χ3v) is 5.34. The molecule has 0 unspecified atom stereocenters. The molecule has 110 valence electrons. The first-order valence-electron chi connectivity index (χ1n) is 7.46. The lowest BCUT2D eigenvalue weighted by atomic mass is 9.75. The monoisotopic (exact) mass is 295 g/mol. The van der Waals surface area contributed by atoms with Crippen molar-refractivity contribution in [2.24, 2.45) is 5.41 Å². The molecule has 0 radical (unpaired) electrons. The van der Waals surface area contributed by atoms with Crippen LogP contribution in [-0.4, -0.2) is 33.5 Å². The molecule has 6 heteroatoms. The topological polar surface area (TPSA) is 66.3 Å². The molecular weight excluding hydrogens is 274 g/mol. The van der Waals surface area contributed by atoms with Crippen molar-refractivity contribution in [1.82, 2.24) is 9.36 Å². The molecule has 1 N–H and O–H groups in total. The number of piperidine rings is 1. The van der Waals surface area contributed by atoms with Crippen LogP contribution in [0.2, 0.25) is 0 Å². The second-order valence-electron chi connectivity index (χ2n) is 6.03. The van der Waals surface area contributed by atoms with E-state index in [1.54, 1.807) is 0 Å². The minimum absolute atomic E-state index is 0.519. The summed E-state index contributed by atoms with van der Waals surface area (Å²) in [7, 11) is 0. The minimum atomic E-state index is -0.630. The largest absolute Gasteiger partial charge is 0.481 e. The summed E-state index contributed by atoms with van der Waals surface area (Å²) in [5.74, 6) is 0.951. The molecule has 1 saturated carbocycles. The Kier molecular flexibility index (Phi) is 3.67. The van der Waals surface area contributed by atoms with E-state index in [2.05, 4.69) is 21.2 Å². The standard InChI is InChI=1S/C14H21N3O2S/c1-2-5-14(12(18)19)6-8-17(9-7-14)13-15-11(16-20-13)10-3-4-10/h10H,2-9H2,1H3,(H,18,19). The highest BCUT2D eigenvalue weighted by molar-refractivity contribution is 7.09. The lowest BCUT2D eigenvalue weighted by Gasteiger charge is -2.38. The summed E-state index contributed by atoms with van der Waals surface area (Å²) in [6.07, 6.45) is 5.57. The van der Waals surface area contributed by atoms with E-state index >= 15 is 0 Å². The zero-order valence-corrected chi connectivity index (χ0v) is 12.7. The van der Waals surface area contributed by atoms with Crippen LogP contribution in [0.4, 0.5) is 5.13 Å². The van der Waals surface area contributed by atoms with E-state index in [-0.39, 0.29) is 0 Å². The van der Waals surface area contributed by atoms with Gasteiger partial charge in [0, 0.05) is 30.5 Å². The van der Waals surface area contributed by atoms with Gasteiger partial charge in [0.2, 0.25) is 5.13 Å². The molecule has 0 aromatic carbocycles. The fourth-order valence-corrected chi connectivity index (χ4v) is 3.84. The zero-order chi connectivity index (χ0) is 14.2. The van der Waals surface area contributed by atoms with Gasteiger partial charge in [-0.1, -0.05) is 13.3 Å². The number of carboxylic acid groups (broad SMARTS) is 1. The maximum atomic E-state index is 11.6. The van der Waals surface area contributed by atoms with Gasteiger partial charge in [0.15, 0.2) is 0 Å². The second-order valence-corrected chi connectivity index (χ2v) is 6.76. The number of nitrogens with zero attached hydrogens (tertiary/aromatic N) is 3. The zero-order valence-electron chi connectivity index (χ0n) is 11.8. The molecule has 1 aliphatic carbocycles. The van der Waals surface area contributed by atoms with Gasteiger partial charge in [0.1, 0.15) is 5.82 Å². The van der Waals surface area contributed by atoms with Crippen molar-refractivity contribution in [3.8, 4) is 0 Å². The van der Waals surface area contributed by atoms with E-state index in [0.29, 0.717) is 18.8 Å². The summed E-state index contributed by atoms with van der Waals surface area (Å²) >= 11 is 1.46. The normalized spacial score (nSPS) is 21.9. The number of aliphatic carboxylic acids is 1. The number of hydrogen-bond donors (Lipinski definition) is 1. The number of aromatic nitrogens is 2. The Morgan fingerprint density at radius 2 is 2.15 bits per heavy atom. The first kappa shape index (κ1) is 13.8. The summed E-state index contributed by atoms with van der Waals surface area (Å²) < 4.78 is 4.43. The third kappa shape index (κ3) is 2.53. The first-order valence-corrected chi connectivity index (χ1v) is 8.24. The molecule has 1 saturated heterocycles. The highest BCUT2D eigenvalue weighted by Crippen LogP contribution is 2.41. The fraction of sp³-hybridized carbons (Fsp3) is 0.786. The first-order chi connectivity index (χ1) is 9.64. The average molecular weight is 295 g/mol. The van der Waals surface area contributed by atoms with Crippen LogP contribution in [0.25, 0.3) is 0 Å². The molecule has 0 bridgehead atoms. The highest BCUT2D eigenvalue weighted by Gasteiger charge is 2.41. The third-order valence-electron chi connectivity index (χ3n) is 4.55. The van der Waals surface area contributed by atoms with Crippen molar-refractivity contribution in [3.05, 3.63) is 5.82 Å². The van der Waals surface area contributed by atoms with E-state index in [0.717, 1.165) is 36.9 Å². The molecule has 0 amide bonds. The van der Waals surface area contributed by atoms with Crippen molar-refractivity contribution in [3.63, 3.8) is 0 Å². The molecule has 1 aliphatic heterocycles. The van der Waals surface area contributed by atoms with Crippen LogP contribution in [-0.2, 0) is 4.79 Å². The lowest BCUT2D eigenvalue weighted by Crippen LogP contribution is -2.44. The Morgan fingerprint density at radius 1 is 1.45 bits per heavy atom. The number of carboxylic acids is 1. The summed E-state index contributed by atoms with van der Waals surface area (Å²) in [6.45, 7) is 3.63. The molecule has 1 aromatic rings. The molecule has 20 heavy (non-hydrogen) atoms. The maximum absolute atomic E-state index is 11.6. The Labute approximate surface area is 123 Å². The smallest absolute Gasteiger partial charge is 0.309 e. The second kappa shape index (κ2) is 5.31. The van der Waals surface area contributed by atoms with Crippen LogP contribution >= 0.6 is 11.5 Å². The summed E-state index contributed by atoms with van der Waals surface area (Å²) in [5.41, 5.74) is -0.519. The quantitative estimate of drug-likeness (QED) is 0.904. The van der Waals surface area contributed by atoms with Gasteiger partial charge >= 0.3 is 5.97 Å². The van der Waals surface area contributed by atoms with Crippen LogP contribution in [0.1, 0.15) is 57.2 Å². The van der Waals surface area contributed by atoms with E-state index in [1.807, 2.05) is 0 Å². The van der Waals surface area contributed by atoms with E-state index in [9.17, 15) is 9.90 Å². The van der Waals surface area contributed by atoms with E-state index in [1.165, 1.54) is 24.4 Å². The summed E-state index contributed by atoms with van der Waals surface area (Å²) in [5, 5.41) is 10.5. The molecule has 2 heterocycles. The van der Waals surface area contributed by atoms with Gasteiger partial charge in [-0.15, -0.1) is 0 Å². The molecular formula is C14H21N3O2S. The van der Waals surface area contributed by atoms with Crippen molar-refractivity contribution in [2.45, 2.75) is 51.4 Å². The van der Waals surface area contributed by atoms with Crippen molar-refractivity contribution in [2.75, 3.05) is 18.0 Å².